The molecule has 0 heterocycles. The molecule has 0 radical (unpaired) electrons. The van der Waals surface area contributed by atoms with E-state index in [1.54, 1.807) is 19.2 Å². The van der Waals surface area contributed by atoms with Crippen molar-refractivity contribution >= 4 is 29.1 Å². The molecule has 6 nitrogen and oxygen atoms in total. The minimum absolute atomic E-state index is 0.158. The average molecular weight is 472 g/mol. The van der Waals surface area contributed by atoms with Crippen LogP contribution in [0.1, 0.15) is 54.4 Å². The number of methoxy groups -OCH3 is 1. The summed E-state index contributed by atoms with van der Waals surface area (Å²) in [6, 6.07) is 12.4. The lowest BCUT2D eigenvalue weighted by molar-refractivity contribution is -0.123. The molecule has 33 heavy (non-hydrogen) atoms. The molecule has 1 saturated carbocycles. The number of amides is 2. The van der Waals surface area contributed by atoms with E-state index in [0.29, 0.717) is 36.0 Å². The molecule has 2 aromatic rings. The van der Waals surface area contributed by atoms with Crippen LogP contribution in [0.25, 0.3) is 0 Å². The number of rotatable bonds is 10. The van der Waals surface area contributed by atoms with Gasteiger partial charge in [0.15, 0.2) is 0 Å². The molecule has 3 rings (SSSR count). The largest absolute Gasteiger partial charge is 0.497 e. The lowest BCUT2D eigenvalue weighted by atomic mass is 9.84. The zero-order valence-electron chi connectivity index (χ0n) is 19.5. The fourth-order valence-electron chi connectivity index (χ4n) is 4.26. The maximum Gasteiger partial charge on any atom is 0.253 e. The number of benzene rings is 2. The molecule has 7 heteroatoms. The number of halogens is 1. The lowest BCUT2D eigenvalue weighted by Gasteiger charge is -2.27. The fraction of sp³-hybridized carbons (Fsp3) is 0.462. The Morgan fingerprint density at radius 2 is 1.79 bits per heavy atom. The Balaban J connectivity index is 1.57. The monoisotopic (exact) mass is 471 g/mol. The van der Waals surface area contributed by atoms with Crippen molar-refractivity contribution in [3.8, 4) is 5.75 Å². The molecule has 178 valence electrons. The number of carbonyl (C=O) groups excluding carboxylic acids is 2. The number of nitrogens with one attached hydrogen (secondary N) is 3. The van der Waals surface area contributed by atoms with Crippen molar-refractivity contribution in [3.05, 3.63) is 58.6 Å². The molecule has 0 bridgehead atoms. The topological polar surface area (TPSA) is 79.5 Å². The zero-order chi connectivity index (χ0) is 23.6. The predicted octanol–water partition coefficient (Wildman–Crippen LogP) is 4.95. The summed E-state index contributed by atoms with van der Waals surface area (Å²) in [6.45, 7) is 2.94. The molecular weight excluding hydrogens is 438 g/mol. The van der Waals surface area contributed by atoms with Gasteiger partial charge < -0.3 is 20.7 Å². The number of hydrogen-bond acceptors (Lipinski definition) is 4. The summed E-state index contributed by atoms with van der Waals surface area (Å²) in [7, 11) is 1.63. The van der Waals surface area contributed by atoms with Crippen molar-refractivity contribution in [3.63, 3.8) is 0 Å². The van der Waals surface area contributed by atoms with Crippen LogP contribution in [-0.2, 0) is 4.79 Å². The molecule has 1 aliphatic rings. The van der Waals surface area contributed by atoms with Crippen molar-refractivity contribution in [2.24, 2.45) is 5.92 Å². The Morgan fingerprint density at radius 1 is 1.06 bits per heavy atom. The van der Waals surface area contributed by atoms with Crippen molar-refractivity contribution in [1.29, 1.82) is 0 Å². The van der Waals surface area contributed by atoms with Gasteiger partial charge in [0.25, 0.3) is 5.91 Å². The van der Waals surface area contributed by atoms with Crippen LogP contribution >= 0.6 is 11.6 Å². The minimum Gasteiger partial charge on any atom is -0.497 e. The molecule has 0 spiro atoms. The molecule has 2 amide bonds. The molecule has 0 aliphatic heterocycles. The van der Waals surface area contributed by atoms with E-state index in [-0.39, 0.29) is 11.8 Å². The van der Waals surface area contributed by atoms with Crippen LogP contribution in [0.15, 0.2) is 42.5 Å². The molecule has 0 aromatic heterocycles. The van der Waals surface area contributed by atoms with Crippen LogP contribution < -0.4 is 20.7 Å². The molecule has 2 aromatic carbocycles. The highest BCUT2D eigenvalue weighted by molar-refractivity contribution is 6.33. The highest BCUT2D eigenvalue weighted by atomic mass is 35.5. The number of carbonyl (C=O) groups is 2. The van der Waals surface area contributed by atoms with Gasteiger partial charge in [0, 0.05) is 18.8 Å². The zero-order valence-corrected chi connectivity index (χ0v) is 20.2. The molecule has 1 atom stereocenters. The van der Waals surface area contributed by atoms with Gasteiger partial charge in [0.1, 0.15) is 11.8 Å². The highest BCUT2D eigenvalue weighted by Crippen LogP contribution is 2.28. The maximum atomic E-state index is 13.0. The van der Waals surface area contributed by atoms with Crippen LogP contribution in [0.3, 0.4) is 0 Å². The Hall–Kier alpha value is -2.73. The fourth-order valence-corrected chi connectivity index (χ4v) is 4.46. The first-order chi connectivity index (χ1) is 16.0. The number of hydrogen-bond donors (Lipinski definition) is 3. The Bertz CT molecular complexity index is 927. The van der Waals surface area contributed by atoms with Crippen molar-refractivity contribution < 1.29 is 14.3 Å². The van der Waals surface area contributed by atoms with Crippen LogP contribution in [0, 0.1) is 12.8 Å². The van der Waals surface area contributed by atoms with Gasteiger partial charge >= 0.3 is 0 Å². The van der Waals surface area contributed by atoms with E-state index in [1.165, 1.54) is 19.3 Å². The van der Waals surface area contributed by atoms with Crippen LogP contribution in [0.5, 0.6) is 5.75 Å². The van der Waals surface area contributed by atoms with Crippen LogP contribution in [-0.4, -0.2) is 38.1 Å². The first-order valence-corrected chi connectivity index (χ1v) is 12.1. The smallest absolute Gasteiger partial charge is 0.253 e. The number of aryl methyl sites for hydroxylation is 1. The summed E-state index contributed by atoms with van der Waals surface area (Å²) < 4.78 is 5.16. The van der Waals surface area contributed by atoms with Crippen molar-refractivity contribution in [2.75, 3.05) is 25.5 Å². The van der Waals surface area contributed by atoms with E-state index in [2.05, 4.69) is 16.0 Å². The number of anilines is 1. The Kier molecular flexibility index (Phi) is 9.43. The van der Waals surface area contributed by atoms with Gasteiger partial charge in [0.05, 0.1) is 17.7 Å². The third kappa shape index (κ3) is 7.67. The third-order valence-corrected chi connectivity index (χ3v) is 6.46. The van der Waals surface area contributed by atoms with Gasteiger partial charge in [0.2, 0.25) is 5.91 Å². The quantitative estimate of drug-likeness (QED) is 0.428. The van der Waals surface area contributed by atoms with E-state index in [4.69, 9.17) is 16.3 Å². The molecular formula is C26H34ClN3O3. The molecule has 1 aliphatic carbocycles. The van der Waals surface area contributed by atoms with E-state index < -0.39 is 6.04 Å². The van der Waals surface area contributed by atoms with Gasteiger partial charge in [-0.05, 0) is 55.7 Å². The van der Waals surface area contributed by atoms with Gasteiger partial charge in [-0.2, -0.15) is 0 Å². The van der Waals surface area contributed by atoms with E-state index in [0.717, 1.165) is 29.8 Å². The first-order valence-electron chi connectivity index (χ1n) is 11.7. The lowest BCUT2D eigenvalue weighted by Crippen LogP contribution is -2.48. The highest BCUT2D eigenvalue weighted by Gasteiger charge is 2.26. The first kappa shape index (κ1) is 24.9. The molecule has 1 fully saturated rings. The second-order valence-electron chi connectivity index (χ2n) is 8.70. The second kappa shape index (κ2) is 12.5. The molecule has 3 N–H and O–H groups in total. The maximum absolute atomic E-state index is 13.0. The summed E-state index contributed by atoms with van der Waals surface area (Å²) in [4.78, 5) is 26.0. The second-order valence-corrected chi connectivity index (χ2v) is 9.10. The van der Waals surface area contributed by atoms with Crippen molar-refractivity contribution in [2.45, 2.75) is 51.5 Å². The Labute approximate surface area is 201 Å². The van der Waals surface area contributed by atoms with Gasteiger partial charge in [-0.3, -0.25) is 9.59 Å². The van der Waals surface area contributed by atoms with E-state index in [1.807, 2.05) is 37.3 Å². The summed E-state index contributed by atoms with van der Waals surface area (Å²) in [5, 5.41) is 9.59. The van der Waals surface area contributed by atoms with Gasteiger partial charge in [-0.25, -0.2) is 0 Å². The molecule has 1 unspecified atom stereocenters. The minimum atomic E-state index is -0.585. The average Bonchev–Trinajstić information content (AvgIpc) is 2.83. The third-order valence-electron chi connectivity index (χ3n) is 6.13. The van der Waals surface area contributed by atoms with Gasteiger partial charge in [-0.1, -0.05) is 55.3 Å². The summed E-state index contributed by atoms with van der Waals surface area (Å²) in [5.41, 5.74) is 2.30. The predicted molar refractivity (Wildman–Crippen MR) is 133 cm³/mol. The summed E-state index contributed by atoms with van der Waals surface area (Å²) in [6.07, 6.45) is 6.46. The number of ether oxygens (including phenoxy) is 1. The standard InChI is InChI=1S/C26H34ClN3O3/c1-18-8-13-23(27)22(16-18)25(31)30-24(17-19-6-4-3-5-7-19)26(32)29-15-14-28-20-9-11-21(33-2)12-10-20/h8-13,16,19,24,28H,3-7,14-15,17H2,1-2H3,(H,29,32)(H,30,31). The van der Waals surface area contributed by atoms with Crippen LogP contribution in [0.4, 0.5) is 5.69 Å². The summed E-state index contributed by atoms with van der Waals surface area (Å²) >= 11 is 6.25. The Morgan fingerprint density at radius 3 is 2.48 bits per heavy atom. The van der Waals surface area contributed by atoms with Crippen LogP contribution in [0.2, 0.25) is 5.02 Å². The SMILES string of the molecule is COc1ccc(NCCNC(=O)C(CC2CCCCC2)NC(=O)c2cc(C)ccc2Cl)cc1. The van der Waals surface area contributed by atoms with Crippen molar-refractivity contribution in [1.82, 2.24) is 10.6 Å². The van der Waals surface area contributed by atoms with E-state index in [9.17, 15) is 9.59 Å². The normalized spacial score (nSPS) is 14.9. The van der Waals surface area contributed by atoms with E-state index >= 15 is 0 Å². The van der Waals surface area contributed by atoms with Gasteiger partial charge in [-0.15, -0.1) is 0 Å². The molecule has 0 saturated heterocycles. The summed E-state index contributed by atoms with van der Waals surface area (Å²) in [5.74, 6) is 0.773.